The smallest absolute Gasteiger partial charge is 0.425 e. The maximum atomic E-state index is 13.5. The van der Waals surface area contributed by atoms with E-state index in [4.69, 9.17) is 14.2 Å². The molecule has 0 unspecified atom stereocenters. The van der Waals surface area contributed by atoms with Crippen LogP contribution in [0.15, 0.2) is 60.9 Å². The number of carbonyl (C=O) groups is 2. The molecule has 0 spiro atoms. The summed E-state index contributed by atoms with van der Waals surface area (Å²) in [6.45, 7) is 4.82. The van der Waals surface area contributed by atoms with Crippen molar-refractivity contribution in [2.45, 2.75) is 103 Å². The summed E-state index contributed by atoms with van der Waals surface area (Å²) >= 11 is 0. The average Bonchev–Trinajstić information content (AvgIpc) is 3.04. The van der Waals surface area contributed by atoms with Crippen molar-refractivity contribution in [3.63, 3.8) is 0 Å². The third kappa shape index (κ3) is 12.2. The third-order valence-corrected chi connectivity index (χ3v) is 7.26. The van der Waals surface area contributed by atoms with Crippen molar-refractivity contribution in [3.8, 4) is 22.9 Å². The Labute approximate surface area is 263 Å². The number of carbonyl (C=O) groups excluding carboxylic acids is 2. The quantitative estimate of drug-likeness (QED) is 0.0742. The summed E-state index contributed by atoms with van der Waals surface area (Å²) in [5.41, 5.74) is 0.432. The first-order valence-corrected chi connectivity index (χ1v) is 15.9. The van der Waals surface area contributed by atoms with E-state index < -0.39 is 24.2 Å². The maximum Gasteiger partial charge on any atom is 0.425 e. The minimum atomic E-state index is -4.72. The fourth-order valence-corrected chi connectivity index (χ4v) is 4.65. The van der Waals surface area contributed by atoms with E-state index in [1.54, 1.807) is 0 Å². The lowest BCUT2D eigenvalue weighted by Crippen LogP contribution is -2.34. The van der Waals surface area contributed by atoms with Crippen molar-refractivity contribution in [2.24, 2.45) is 0 Å². The number of rotatable bonds is 19. The number of ether oxygens (including phenoxy) is 3. The molecule has 0 saturated carbocycles. The molecule has 1 heterocycles. The molecule has 0 aliphatic heterocycles. The van der Waals surface area contributed by atoms with Gasteiger partial charge in [-0.2, -0.15) is 13.2 Å². The maximum absolute atomic E-state index is 13.5. The Morgan fingerprint density at radius 2 is 1.36 bits per heavy atom. The van der Waals surface area contributed by atoms with Gasteiger partial charge in [0.1, 0.15) is 17.1 Å². The van der Waals surface area contributed by atoms with Crippen molar-refractivity contribution < 1.29 is 37.0 Å². The van der Waals surface area contributed by atoms with Crippen LogP contribution in [0.3, 0.4) is 0 Å². The van der Waals surface area contributed by atoms with Gasteiger partial charge in [-0.05, 0) is 55.7 Å². The van der Waals surface area contributed by atoms with Crippen LogP contribution in [-0.4, -0.2) is 40.8 Å². The van der Waals surface area contributed by atoms with Gasteiger partial charge in [0.25, 0.3) is 0 Å². The minimum absolute atomic E-state index is 0.000611. The molecule has 2 aromatic carbocycles. The fraction of sp³-hybridized carbons (Fsp3) is 0.486. The molecule has 0 saturated heterocycles. The predicted molar refractivity (Wildman–Crippen MR) is 166 cm³/mol. The molecule has 0 aliphatic carbocycles. The van der Waals surface area contributed by atoms with Crippen LogP contribution in [0.4, 0.5) is 13.2 Å². The van der Waals surface area contributed by atoms with Gasteiger partial charge in [-0.25, -0.2) is 19.6 Å². The van der Waals surface area contributed by atoms with Gasteiger partial charge < -0.3 is 14.2 Å². The molecule has 3 rings (SSSR count). The van der Waals surface area contributed by atoms with Crippen molar-refractivity contribution in [1.82, 2.24) is 9.97 Å². The number of para-hydroxylation sites is 1. The third-order valence-electron chi connectivity index (χ3n) is 7.26. The monoisotopic (exact) mass is 628 g/mol. The van der Waals surface area contributed by atoms with Gasteiger partial charge in [-0.3, -0.25) is 0 Å². The Morgan fingerprint density at radius 1 is 0.756 bits per heavy atom. The molecule has 0 fully saturated rings. The lowest BCUT2D eigenvalue weighted by molar-refractivity contribution is -0.206. The summed E-state index contributed by atoms with van der Waals surface area (Å²) in [5, 5.41) is 0. The average molecular weight is 629 g/mol. The van der Waals surface area contributed by atoms with Gasteiger partial charge in [0.15, 0.2) is 11.9 Å². The molecular weight excluding hydrogens is 585 g/mol. The Hall–Kier alpha value is -3.95. The zero-order valence-corrected chi connectivity index (χ0v) is 26.1. The van der Waals surface area contributed by atoms with Crippen molar-refractivity contribution in [1.29, 1.82) is 0 Å². The molecule has 1 aromatic heterocycles. The second-order valence-corrected chi connectivity index (χ2v) is 11.0. The standard InChI is InChI=1S/C35H43F3N2O5/c1-3-5-7-9-10-11-15-23-43-28-21-19-26(20-22-28)32-39-24-27(25-40-32)33(41)44-30-17-14-13-16-29(30)34(42)45-31(35(36,37)38)18-12-8-6-4-2/h13-14,16-17,19-22,24-25,31H,3-12,15,18,23H2,1-2H3/t31-/m1/s1. The fourth-order valence-electron chi connectivity index (χ4n) is 4.65. The summed E-state index contributed by atoms with van der Waals surface area (Å²) in [6, 6.07) is 12.8. The highest BCUT2D eigenvalue weighted by molar-refractivity contribution is 5.96. The van der Waals surface area contributed by atoms with Crippen LogP contribution in [0.5, 0.6) is 11.5 Å². The van der Waals surface area contributed by atoms with E-state index in [0.29, 0.717) is 18.9 Å². The van der Waals surface area contributed by atoms with E-state index >= 15 is 0 Å². The summed E-state index contributed by atoms with van der Waals surface area (Å²) in [5.74, 6) is -1.19. The summed E-state index contributed by atoms with van der Waals surface area (Å²) in [6.07, 6.45) is 6.29. The molecule has 0 radical (unpaired) electrons. The number of alkyl halides is 3. The highest BCUT2D eigenvalue weighted by atomic mass is 19.4. The number of nitrogens with zero attached hydrogens (tertiary/aromatic N) is 2. The summed E-state index contributed by atoms with van der Waals surface area (Å²) in [7, 11) is 0. The van der Waals surface area contributed by atoms with Crippen LogP contribution in [0.2, 0.25) is 0 Å². The zero-order chi connectivity index (χ0) is 32.5. The molecule has 0 N–H and O–H groups in total. The number of hydrogen-bond acceptors (Lipinski definition) is 7. The molecule has 3 aromatic rings. The van der Waals surface area contributed by atoms with Gasteiger partial charge in [0, 0.05) is 18.0 Å². The number of unbranched alkanes of at least 4 members (excludes halogenated alkanes) is 9. The normalized spacial score (nSPS) is 12.0. The molecule has 244 valence electrons. The summed E-state index contributed by atoms with van der Waals surface area (Å²) < 4.78 is 56.7. The number of aromatic nitrogens is 2. The van der Waals surface area contributed by atoms with Crippen LogP contribution in [0.25, 0.3) is 11.4 Å². The minimum Gasteiger partial charge on any atom is -0.494 e. The second kappa shape index (κ2) is 18.8. The second-order valence-electron chi connectivity index (χ2n) is 11.0. The number of esters is 2. The van der Waals surface area contributed by atoms with Gasteiger partial charge in [0.2, 0.25) is 0 Å². The van der Waals surface area contributed by atoms with E-state index in [9.17, 15) is 22.8 Å². The van der Waals surface area contributed by atoms with Crippen LogP contribution >= 0.6 is 0 Å². The highest BCUT2D eigenvalue weighted by Crippen LogP contribution is 2.30. The van der Waals surface area contributed by atoms with E-state index in [1.807, 2.05) is 31.2 Å². The first-order valence-electron chi connectivity index (χ1n) is 15.9. The molecule has 0 aliphatic rings. The number of benzene rings is 2. The van der Waals surface area contributed by atoms with Gasteiger partial charge >= 0.3 is 18.1 Å². The first-order chi connectivity index (χ1) is 21.7. The number of halogens is 3. The largest absolute Gasteiger partial charge is 0.494 e. The molecule has 45 heavy (non-hydrogen) atoms. The Balaban J connectivity index is 1.55. The van der Waals surface area contributed by atoms with Crippen LogP contribution < -0.4 is 9.47 Å². The van der Waals surface area contributed by atoms with Gasteiger partial charge in [-0.1, -0.05) is 83.8 Å². The molecule has 7 nitrogen and oxygen atoms in total. The zero-order valence-electron chi connectivity index (χ0n) is 26.1. The highest BCUT2D eigenvalue weighted by Gasteiger charge is 2.42. The molecule has 1 atom stereocenters. The molecular formula is C35H43F3N2O5. The first kappa shape index (κ1) is 35.5. The van der Waals surface area contributed by atoms with Crippen molar-refractivity contribution in [3.05, 3.63) is 72.1 Å². The van der Waals surface area contributed by atoms with Crippen molar-refractivity contribution >= 4 is 11.9 Å². The van der Waals surface area contributed by atoms with Gasteiger partial charge in [0.05, 0.1) is 12.2 Å². The Kier molecular flexibility index (Phi) is 14.8. The van der Waals surface area contributed by atoms with Crippen LogP contribution in [0.1, 0.15) is 112 Å². The predicted octanol–water partition coefficient (Wildman–Crippen LogP) is 9.55. The Morgan fingerprint density at radius 3 is 2.00 bits per heavy atom. The summed E-state index contributed by atoms with van der Waals surface area (Å²) in [4.78, 5) is 34.1. The van der Waals surface area contributed by atoms with E-state index in [-0.39, 0.29) is 29.7 Å². The lowest BCUT2D eigenvalue weighted by atomic mass is 10.1. The van der Waals surface area contributed by atoms with E-state index in [1.165, 1.54) is 68.8 Å². The molecule has 10 heteroatoms. The van der Waals surface area contributed by atoms with Crippen molar-refractivity contribution in [2.75, 3.05) is 6.61 Å². The lowest BCUT2D eigenvalue weighted by Gasteiger charge is -2.21. The van der Waals surface area contributed by atoms with Gasteiger partial charge in [-0.15, -0.1) is 0 Å². The SMILES string of the molecule is CCCCCCCCCOc1ccc(-c2ncc(C(=O)Oc3ccccc3C(=O)O[C@H](CCCCCC)C(F)(F)F)cn2)cc1. The van der Waals surface area contributed by atoms with Crippen LogP contribution in [0, 0.1) is 0 Å². The topological polar surface area (TPSA) is 87.6 Å². The van der Waals surface area contributed by atoms with E-state index in [0.717, 1.165) is 37.0 Å². The van der Waals surface area contributed by atoms with E-state index in [2.05, 4.69) is 16.9 Å². The Bertz CT molecular complexity index is 1310. The molecule has 0 bridgehead atoms. The number of hydrogen-bond donors (Lipinski definition) is 0. The van der Waals surface area contributed by atoms with Crippen LogP contribution in [-0.2, 0) is 4.74 Å². The molecule has 0 amide bonds.